The highest BCUT2D eigenvalue weighted by Gasteiger charge is 2.13. The van der Waals surface area contributed by atoms with Gasteiger partial charge in [0.2, 0.25) is 11.7 Å². The lowest BCUT2D eigenvalue weighted by atomic mass is 10.2. The third-order valence-corrected chi connectivity index (χ3v) is 3.92. The highest BCUT2D eigenvalue weighted by Crippen LogP contribution is 2.20. The Hall–Kier alpha value is -2.73. The molecule has 6 heteroatoms. The Labute approximate surface area is 146 Å². The number of aromatic nitrogens is 2. The zero-order valence-corrected chi connectivity index (χ0v) is 14.3. The molecule has 0 saturated carbocycles. The van der Waals surface area contributed by atoms with Crippen molar-refractivity contribution in [1.82, 2.24) is 15.0 Å². The lowest BCUT2D eigenvalue weighted by Gasteiger charge is -2.18. The van der Waals surface area contributed by atoms with E-state index in [0.29, 0.717) is 24.8 Å². The minimum atomic E-state index is -0.229. The number of hydrogen-bond donors (Lipinski definition) is 0. The van der Waals surface area contributed by atoms with Crippen molar-refractivity contribution in [1.29, 1.82) is 0 Å². The van der Waals surface area contributed by atoms with Crippen LogP contribution in [0, 0.1) is 5.82 Å². The van der Waals surface area contributed by atoms with Gasteiger partial charge in [0.05, 0.1) is 13.7 Å². The number of halogens is 1. The molecule has 2 aromatic carbocycles. The maximum absolute atomic E-state index is 13.3. The summed E-state index contributed by atoms with van der Waals surface area (Å²) in [7, 11) is 1.62. The highest BCUT2D eigenvalue weighted by molar-refractivity contribution is 5.55. The molecule has 1 heterocycles. The van der Waals surface area contributed by atoms with Gasteiger partial charge in [0.1, 0.15) is 11.6 Å². The predicted molar refractivity (Wildman–Crippen MR) is 92.5 cm³/mol. The number of methoxy groups -OCH3 is 1. The molecule has 0 fully saturated rings. The highest BCUT2D eigenvalue weighted by atomic mass is 19.1. The molecule has 0 aliphatic rings. The minimum Gasteiger partial charge on any atom is -0.497 e. The second-order valence-corrected chi connectivity index (χ2v) is 5.67. The summed E-state index contributed by atoms with van der Waals surface area (Å²) >= 11 is 0. The molecule has 5 nitrogen and oxygen atoms in total. The van der Waals surface area contributed by atoms with Gasteiger partial charge in [-0.25, -0.2) is 4.39 Å². The van der Waals surface area contributed by atoms with Crippen molar-refractivity contribution in [2.24, 2.45) is 0 Å². The summed E-state index contributed by atoms with van der Waals surface area (Å²) < 4.78 is 23.8. The Morgan fingerprint density at radius 3 is 2.60 bits per heavy atom. The van der Waals surface area contributed by atoms with Crippen molar-refractivity contribution >= 4 is 0 Å². The van der Waals surface area contributed by atoms with E-state index in [1.807, 2.05) is 37.3 Å². The standard InChI is InChI=1S/C19H20FN3O2/c1-3-23(12-14-5-4-6-16(20)11-14)13-18-21-19(22-25-18)15-7-9-17(24-2)10-8-15/h4-11H,3,12-13H2,1-2H3. The first kappa shape index (κ1) is 17.1. The Kier molecular flexibility index (Phi) is 5.40. The third kappa shape index (κ3) is 4.42. The number of rotatable bonds is 7. The number of hydrogen-bond acceptors (Lipinski definition) is 5. The molecule has 1 aromatic heterocycles. The lowest BCUT2D eigenvalue weighted by molar-refractivity contribution is 0.229. The Bertz CT molecular complexity index is 818. The second-order valence-electron chi connectivity index (χ2n) is 5.67. The van der Waals surface area contributed by atoms with Gasteiger partial charge in [-0.1, -0.05) is 24.2 Å². The largest absolute Gasteiger partial charge is 0.497 e. The fourth-order valence-corrected chi connectivity index (χ4v) is 2.54. The van der Waals surface area contributed by atoms with Crippen molar-refractivity contribution < 1.29 is 13.7 Å². The Balaban J connectivity index is 1.68. The molecule has 0 radical (unpaired) electrons. The average Bonchev–Trinajstić information content (AvgIpc) is 3.10. The van der Waals surface area contributed by atoms with Crippen LogP contribution in [0.4, 0.5) is 4.39 Å². The van der Waals surface area contributed by atoms with E-state index >= 15 is 0 Å². The SMILES string of the molecule is CCN(Cc1cccc(F)c1)Cc1nc(-c2ccc(OC)cc2)no1. The van der Waals surface area contributed by atoms with Crippen LogP contribution in [0.25, 0.3) is 11.4 Å². The van der Waals surface area contributed by atoms with Crippen LogP contribution in [0.5, 0.6) is 5.75 Å². The molecular weight excluding hydrogens is 321 g/mol. The molecule has 0 aliphatic heterocycles. The summed E-state index contributed by atoms with van der Waals surface area (Å²) in [6.07, 6.45) is 0. The van der Waals surface area contributed by atoms with Crippen molar-refractivity contribution in [2.75, 3.05) is 13.7 Å². The Morgan fingerprint density at radius 2 is 1.92 bits per heavy atom. The molecule has 0 unspecified atom stereocenters. The van der Waals surface area contributed by atoms with Gasteiger partial charge in [-0.3, -0.25) is 4.90 Å². The average molecular weight is 341 g/mol. The van der Waals surface area contributed by atoms with Crippen molar-refractivity contribution in [3.8, 4) is 17.1 Å². The maximum Gasteiger partial charge on any atom is 0.241 e. The molecule has 0 saturated heterocycles. The van der Waals surface area contributed by atoms with E-state index in [2.05, 4.69) is 15.0 Å². The van der Waals surface area contributed by atoms with Crippen LogP contribution in [-0.4, -0.2) is 28.7 Å². The number of benzene rings is 2. The quantitative estimate of drug-likeness (QED) is 0.652. The van der Waals surface area contributed by atoms with Gasteiger partial charge in [-0.2, -0.15) is 4.98 Å². The van der Waals surface area contributed by atoms with E-state index in [0.717, 1.165) is 23.4 Å². The van der Waals surface area contributed by atoms with Gasteiger partial charge in [-0.15, -0.1) is 0 Å². The summed E-state index contributed by atoms with van der Waals surface area (Å²) in [6, 6.07) is 14.1. The van der Waals surface area contributed by atoms with E-state index in [4.69, 9.17) is 9.26 Å². The summed E-state index contributed by atoms with van der Waals surface area (Å²) in [4.78, 5) is 6.56. The smallest absolute Gasteiger partial charge is 0.241 e. The molecule has 0 aliphatic carbocycles. The second kappa shape index (κ2) is 7.90. The first-order valence-electron chi connectivity index (χ1n) is 8.11. The molecule has 3 rings (SSSR count). The monoisotopic (exact) mass is 341 g/mol. The van der Waals surface area contributed by atoms with Crippen molar-refractivity contribution in [3.05, 3.63) is 65.8 Å². The zero-order valence-electron chi connectivity index (χ0n) is 14.3. The normalized spacial score (nSPS) is 11.0. The van der Waals surface area contributed by atoms with Gasteiger partial charge in [0.25, 0.3) is 0 Å². The van der Waals surface area contributed by atoms with Crippen molar-refractivity contribution in [3.63, 3.8) is 0 Å². The van der Waals surface area contributed by atoms with Gasteiger partial charge in [0.15, 0.2) is 0 Å². The van der Waals surface area contributed by atoms with Crippen LogP contribution in [0.2, 0.25) is 0 Å². The maximum atomic E-state index is 13.3. The number of nitrogens with zero attached hydrogens (tertiary/aromatic N) is 3. The molecule has 0 amide bonds. The van der Waals surface area contributed by atoms with Crippen LogP contribution in [0.15, 0.2) is 53.1 Å². The van der Waals surface area contributed by atoms with Gasteiger partial charge < -0.3 is 9.26 Å². The van der Waals surface area contributed by atoms with Crippen LogP contribution < -0.4 is 4.74 Å². The molecule has 3 aromatic rings. The van der Waals surface area contributed by atoms with Crippen LogP contribution in [0.3, 0.4) is 0 Å². The Morgan fingerprint density at radius 1 is 1.12 bits per heavy atom. The van der Waals surface area contributed by atoms with Gasteiger partial charge >= 0.3 is 0 Å². The first-order valence-corrected chi connectivity index (χ1v) is 8.11. The van der Waals surface area contributed by atoms with Crippen molar-refractivity contribution in [2.45, 2.75) is 20.0 Å². The molecule has 0 N–H and O–H groups in total. The van der Waals surface area contributed by atoms with Gasteiger partial charge in [0, 0.05) is 12.1 Å². The van der Waals surface area contributed by atoms with E-state index in [1.165, 1.54) is 6.07 Å². The lowest BCUT2D eigenvalue weighted by Crippen LogP contribution is -2.22. The van der Waals surface area contributed by atoms with Gasteiger partial charge in [-0.05, 0) is 48.5 Å². The van der Waals surface area contributed by atoms with E-state index in [1.54, 1.807) is 19.2 Å². The molecule has 130 valence electrons. The number of ether oxygens (including phenoxy) is 1. The molecular formula is C19H20FN3O2. The first-order chi connectivity index (χ1) is 12.2. The molecule has 25 heavy (non-hydrogen) atoms. The van der Waals surface area contributed by atoms with Crippen LogP contribution in [-0.2, 0) is 13.1 Å². The molecule has 0 atom stereocenters. The fraction of sp³-hybridized carbons (Fsp3) is 0.263. The third-order valence-electron chi connectivity index (χ3n) is 3.92. The van der Waals surface area contributed by atoms with E-state index < -0.39 is 0 Å². The van der Waals surface area contributed by atoms with E-state index in [9.17, 15) is 4.39 Å². The summed E-state index contributed by atoms with van der Waals surface area (Å²) in [5.74, 6) is 1.62. The van der Waals surface area contributed by atoms with Crippen LogP contribution >= 0.6 is 0 Å². The van der Waals surface area contributed by atoms with Crippen LogP contribution in [0.1, 0.15) is 18.4 Å². The van der Waals surface area contributed by atoms with E-state index in [-0.39, 0.29) is 5.82 Å². The summed E-state index contributed by atoms with van der Waals surface area (Å²) in [5.41, 5.74) is 1.78. The summed E-state index contributed by atoms with van der Waals surface area (Å²) in [6.45, 7) is 3.96. The summed E-state index contributed by atoms with van der Waals surface area (Å²) in [5, 5.41) is 4.04. The molecule has 0 bridgehead atoms. The minimum absolute atomic E-state index is 0.229. The topological polar surface area (TPSA) is 51.4 Å². The zero-order chi connectivity index (χ0) is 17.6. The fourth-order valence-electron chi connectivity index (χ4n) is 2.54. The predicted octanol–water partition coefficient (Wildman–Crippen LogP) is 3.91. The molecule has 0 spiro atoms.